The van der Waals surface area contributed by atoms with Crippen LogP contribution in [0.5, 0.6) is 5.75 Å². The third kappa shape index (κ3) is 4.59. The molecule has 0 aliphatic rings. The van der Waals surface area contributed by atoms with Gasteiger partial charge in [0, 0.05) is 12.1 Å². The van der Waals surface area contributed by atoms with Gasteiger partial charge in [0.2, 0.25) is 5.91 Å². The molecule has 0 aliphatic heterocycles. The van der Waals surface area contributed by atoms with E-state index in [1.54, 1.807) is 19.2 Å². The summed E-state index contributed by atoms with van der Waals surface area (Å²) in [5.41, 5.74) is 3.22. The molecule has 0 saturated heterocycles. The van der Waals surface area contributed by atoms with Crippen molar-refractivity contribution in [2.24, 2.45) is 0 Å². The van der Waals surface area contributed by atoms with Crippen LogP contribution in [0.3, 0.4) is 0 Å². The summed E-state index contributed by atoms with van der Waals surface area (Å²) in [7, 11) is 1.55. The first-order valence-electron chi connectivity index (χ1n) is 8.25. The van der Waals surface area contributed by atoms with Crippen molar-refractivity contribution in [2.45, 2.75) is 20.8 Å². The molecule has 2 rings (SSSR count). The molecule has 2 aromatic rings. The monoisotopic (exact) mass is 340 g/mol. The Bertz CT molecular complexity index is 771. The lowest BCUT2D eigenvalue weighted by molar-refractivity contribution is -0.116. The number of para-hydroxylation sites is 2. The molecule has 0 fully saturated rings. The standard InChI is InChI=1S/C20H24N2O3/c1-5-22(20(24)16-11-10-14(2)12-15(16)3)13-19(23)21-17-8-6-7-9-18(17)25-4/h6-12H,5,13H2,1-4H3,(H,21,23). The smallest absolute Gasteiger partial charge is 0.254 e. The molecule has 2 aromatic carbocycles. The van der Waals surface area contributed by atoms with Gasteiger partial charge in [-0.2, -0.15) is 0 Å². The zero-order chi connectivity index (χ0) is 18.4. The van der Waals surface area contributed by atoms with Gasteiger partial charge in [-0.05, 0) is 44.5 Å². The highest BCUT2D eigenvalue weighted by atomic mass is 16.5. The number of carbonyl (C=O) groups is 2. The number of nitrogens with one attached hydrogen (secondary N) is 1. The molecule has 2 amide bonds. The fourth-order valence-corrected chi connectivity index (χ4v) is 2.66. The Balaban J connectivity index is 2.10. The van der Waals surface area contributed by atoms with Crippen LogP contribution in [0.1, 0.15) is 28.4 Å². The Hall–Kier alpha value is -2.82. The van der Waals surface area contributed by atoms with E-state index in [4.69, 9.17) is 4.74 Å². The molecular formula is C20H24N2O3. The zero-order valence-electron chi connectivity index (χ0n) is 15.1. The molecular weight excluding hydrogens is 316 g/mol. The topological polar surface area (TPSA) is 58.6 Å². The summed E-state index contributed by atoms with van der Waals surface area (Å²) in [5.74, 6) is 0.180. The Labute approximate surface area is 148 Å². The number of ether oxygens (including phenoxy) is 1. The molecule has 0 aromatic heterocycles. The first-order chi connectivity index (χ1) is 12.0. The molecule has 5 nitrogen and oxygen atoms in total. The Morgan fingerprint density at radius 3 is 2.48 bits per heavy atom. The molecule has 0 saturated carbocycles. The van der Waals surface area contributed by atoms with Crippen molar-refractivity contribution in [1.29, 1.82) is 0 Å². The van der Waals surface area contributed by atoms with E-state index in [0.717, 1.165) is 11.1 Å². The molecule has 0 unspecified atom stereocenters. The fraction of sp³-hybridized carbons (Fsp3) is 0.300. The van der Waals surface area contributed by atoms with Gasteiger partial charge < -0.3 is 15.0 Å². The van der Waals surface area contributed by atoms with Crippen molar-refractivity contribution in [3.8, 4) is 5.75 Å². The van der Waals surface area contributed by atoms with E-state index < -0.39 is 0 Å². The van der Waals surface area contributed by atoms with E-state index in [-0.39, 0.29) is 18.4 Å². The third-order valence-electron chi connectivity index (χ3n) is 4.00. The van der Waals surface area contributed by atoms with E-state index in [1.165, 1.54) is 4.90 Å². The van der Waals surface area contributed by atoms with E-state index in [0.29, 0.717) is 23.5 Å². The summed E-state index contributed by atoms with van der Waals surface area (Å²) in [6.07, 6.45) is 0. The quantitative estimate of drug-likeness (QED) is 0.877. The van der Waals surface area contributed by atoms with Gasteiger partial charge in [0.25, 0.3) is 5.91 Å². The maximum atomic E-state index is 12.7. The number of anilines is 1. The van der Waals surface area contributed by atoms with Crippen LogP contribution in [-0.4, -0.2) is 36.9 Å². The lowest BCUT2D eigenvalue weighted by atomic mass is 10.0. The maximum absolute atomic E-state index is 12.7. The van der Waals surface area contributed by atoms with Crippen molar-refractivity contribution < 1.29 is 14.3 Å². The maximum Gasteiger partial charge on any atom is 0.254 e. The normalized spacial score (nSPS) is 10.2. The number of benzene rings is 2. The van der Waals surface area contributed by atoms with Gasteiger partial charge in [-0.25, -0.2) is 0 Å². The van der Waals surface area contributed by atoms with E-state index >= 15 is 0 Å². The number of likely N-dealkylation sites (N-methyl/N-ethyl adjacent to an activating group) is 1. The zero-order valence-corrected chi connectivity index (χ0v) is 15.1. The Morgan fingerprint density at radius 1 is 1.12 bits per heavy atom. The SMILES string of the molecule is CCN(CC(=O)Nc1ccccc1OC)C(=O)c1ccc(C)cc1C. The second-order valence-electron chi connectivity index (χ2n) is 5.89. The van der Waals surface area contributed by atoms with Gasteiger partial charge in [-0.3, -0.25) is 9.59 Å². The molecule has 0 atom stereocenters. The van der Waals surface area contributed by atoms with Crippen LogP contribution >= 0.6 is 0 Å². The number of hydrogen-bond acceptors (Lipinski definition) is 3. The van der Waals surface area contributed by atoms with Crippen molar-refractivity contribution in [3.05, 3.63) is 59.2 Å². The summed E-state index contributed by atoms with van der Waals surface area (Å²) < 4.78 is 5.23. The fourth-order valence-electron chi connectivity index (χ4n) is 2.66. The van der Waals surface area contributed by atoms with Crippen molar-refractivity contribution >= 4 is 17.5 Å². The summed E-state index contributed by atoms with van der Waals surface area (Å²) >= 11 is 0. The second kappa shape index (κ2) is 8.33. The number of methoxy groups -OCH3 is 1. The number of nitrogens with zero attached hydrogens (tertiary/aromatic N) is 1. The highest BCUT2D eigenvalue weighted by Crippen LogP contribution is 2.23. The van der Waals surface area contributed by atoms with E-state index in [2.05, 4.69) is 5.32 Å². The van der Waals surface area contributed by atoms with Gasteiger partial charge in [0.05, 0.1) is 12.8 Å². The van der Waals surface area contributed by atoms with E-state index in [1.807, 2.05) is 51.1 Å². The Kier molecular flexibility index (Phi) is 6.17. The minimum absolute atomic E-state index is 0.0132. The van der Waals surface area contributed by atoms with E-state index in [9.17, 15) is 9.59 Å². The van der Waals surface area contributed by atoms with Gasteiger partial charge in [-0.1, -0.05) is 29.8 Å². The van der Waals surface area contributed by atoms with Gasteiger partial charge in [0.15, 0.2) is 0 Å². The lowest BCUT2D eigenvalue weighted by Gasteiger charge is -2.22. The minimum Gasteiger partial charge on any atom is -0.495 e. The predicted octanol–water partition coefficient (Wildman–Crippen LogP) is 3.41. The molecule has 0 heterocycles. The summed E-state index contributed by atoms with van der Waals surface area (Å²) in [6, 6.07) is 12.9. The van der Waals surface area contributed by atoms with Crippen LogP contribution in [0.15, 0.2) is 42.5 Å². The van der Waals surface area contributed by atoms with Gasteiger partial charge in [-0.15, -0.1) is 0 Å². The number of carbonyl (C=O) groups excluding carboxylic acids is 2. The van der Waals surface area contributed by atoms with Crippen molar-refractivity contribution in [3.63, 3.8) is 0 Å². The van der Waals surface area contributed by atoms with Crippen LogP contribution in [0, 0.1) is 13.8 Å². The second-order valence-corrected chi connectivity index (χ2v) is 5.89. The third-order valence-corrected chi connectivity index (χ3v) is 4.00. The van der Waals surface area contributed by atoms with Gasteiger partial charge >= 0.3 is 0 Å². The molecule has 5 heteroatoms. The molecule has 25 heavy (non-hydrogen) atoms. The molecule has 0 bridgehead atoms. The highest BCUT2D eigenvalue weighted by Gasteiger charge is 2.19. The van der Waals surface area contributed by atoms with Crippen LogP contribution in [0.2, 0.25) is 0 Å². The minimum atomic E-state index is -0.260. The molecule has 1 N–H and O–H groups in total. The summed E-state index contributed by atoms with van der Waals surface area (Å²) in [4.78, 5) is 26.6. The number of rotatable bonds is 6. The molecule has 0 spiro atoms. The van der Waals surface area contributed by atoms with Crippen molar-refractivity contribution in [2.75, 3.05) is 25.5 Å². The average molecular weight is 340 g/mol. The summed E-state index contributed by atoms with van der Waals surface area (Å²) in [5, 5.41) is 2.80. The molecule has 132 valence electrons. The first kappa shape index (κ1) is 18.5. The Morgan fingerprint density at radius 2 is 1.84 bits per heavy atom. The van der Waals surface area contributed by atoms with Crippen LogP contribution in [-0.2, 0) is 4.79 Å². The van der Waals surface area contributed by atoms with Crippen LogP contribution in [0.25, 0.3) is 0 Å². The average Bonchev–Trinajstić information content (AvgIpc) is 2.59. The van der Waals surface area contributed by atoms with Crippen LogP contribution < -0.4 is 10.1 Å². The largest absolute Gasteiger partial charge is 0.495 e. The van der Waals surface area contributed by atoms with Crippen molar-refractivity contribution in [1.82, 2.24) is 4.90 Å². The highest BCUT2D eigenvalue weighted by molar-refractivity contribution is 6.00. The molecule has 0 aliphatic carbocycles. The van der Waals surface area contributed by atoms with Gasteiger partial charge in [0.1, 0.15) is 12.3 Å². The number of aryl methyl sites for hydroxylation is 2. The summed E-state index contributed by atoms with van der Waals surface area (Å²) in [6.45, 7) is 6.19. The number of amides is 2. The first-order valence-corrected chi connectivity index (χ1v) is 8.25. The van der Waals surface area contributed by atoms with Crippen LogP contribution in [0.4, 0.5) is 5.69 Å². The number of hydrogen-bond donors (Lipinski definition) is 1. The lowest BCUT2D eigenvalue weighted by Crippen LogP contribution is -2.38. The predicted molar refractivity (Wildman–Crippen MR) is 99.1 cm³/mol. The molecule has 0 radical (unpaired) electrons.